The van der Waals surface area contributed by atoms with Crippen molar-refractivity contribution in [2.45, 2.75) is 31.9 Å². The van der Waals surface area contributed by atoms with Crippen molar-refractivity contribution in [2.75, 3.05) is 19.8 Å². The van der Waals surface area contributed by atoms with E-state index in [1.807, 2.05) is 0 Å². The average molecular weight is 458 g/mol. The van der Waals surface area contributed by atoms with Crippen LogP contribution in [0.4, 0.5) is 0 Å². The first kappa shape index (κ1) is 22.2. The lowest BCUT2D eigenvalue weighted by atomic mass is 9.95. The van der Waals surface area contributed by atoms with Crippen molar-refractivity contribution in [2.24, 2.45) is 0 Å². The van der Waals surface area contributed by atoms with E-state index >= 15 is 0 Å². The van der Waals surface area contributed by atoms with Gasteiger partial charge in [-0.15, -0.1) is 0 Å². The van der Waals surface area contributed by atoms with Crippen LogP contribution in [0, 0.1) is 0 Å². The van der Waals surface area contributed by atoms with Crippen molar-refractivity contribution >= 4 is 29.1 Å². The lowest BCUT2D eigenvalue weighted by Gasteiger charge is -2.27. The minimum atomic E-state index is -0.852. The number of halogens is 1. The smallest absolute Gasteiger partial charge is 0.295 e. The molecule has 0 spiro atoms. The fraction of sp³-hybridized carbons (Fsp3) is 0.333. The van der Waals surface area contributed by atoms with E-state index in [1.165, 1.54) is 11.0 Å². The van der Waals surface area contributed by atoms with Gasteiger partial charge in [-0.25, -0.2) is 0 Å². The number of aliphatic hydroxyl groups is 1. The highest BCUT2D eigenvalue weighted by Gasteiger charge is 2.47. The number of ether oxygens (including phenoxy) is 2. The van der Waals surface area contributed by atoms with Crippen LogP contribution in [0.25, 0.3) is 5.76 Å². The predicted octanol–water partition coefficient (Wildman–Crippen LogP) is 4.05. The van der Waals surface area contributed by atoms with E-state index in [-0.39, 0.29) is 35.5 Å². The number of phenols is 1. The largest absolute Gasteiger partial charge is 0.507 e. The number of rotatable bonds is 6. The molecule has 0 unspecified atom stereocenters. The molecule has 32 heavy (non-hydrogen) atoms. The summed E-state index contributed by atoms with van der Waals surface area (Å²) in [6.45, 7) is 2.95. The van der Waals surface area contributed by atoms with Crippen LogP contribution >= 0.6 is 11.6 Å². The first-order valence-electron chi connectivity index (χ1n) is 10.5. The number of nitrogens with zero attached hydrogens (tertiary/aromatic N) is 1. The van der Waals surface area contributed by atoms with E-state index in [1.54, 1.807) is 43.3 Å². The zero-order chi connectivity index (χ0) is 22.8. The highest BCUT2D eigenvalue weighted by Crippen LogP contribution is 2.42. The number of carbonyl (C=O) groups is 2. The molecule has 8 heteroatoms. The van der Waals surface area contributed by atoms with Crippen LogP contribution in [0.15, 0.2) is 48.0 Å². The lowest BCUT2D eigenvalue weighted by Crippen LogP contribution is -2.36. The number of hydrogen-bond donors (Lipinski definition) is 2. The molecule has 2 N–H and O–H groups in total. The highest BCUT2D eigenvalue weighted by molar-refractivity contribution is 6.46. The molecule has 168 valence electrons. The number of phenolic OH excluding ortho intramolecular Hbond substituents is 1. The average Bonchev–Trinajstić information content (AvgIpc) is 3.38. The Balaban J connectivity index is 1.84. The number of carbonyl (C=O) groups excluding carboxylic acids is 2. The Morgan fingerprint density at radius 2 is 1.97 bits per heavy atom. The van der Waals surface area contributed by atoms with Gasteiger partial charge in [0.25, 0.3) is 11.7 Å². The van der Waals surface area contributed by atoms with Crippen LogP contribution in [0.2, 0.25) is 5.02 Å². The van der Waals surface area contributed by atoms with Crippen molar-refractivity contribution in [1.82, 2.24) is 4.90 Å². The SMILES string of the molecule is CCOc1cc([C@H]2/C(=C(\O)c3ccc(Cl)cc3)C(=O)C(=O)N2C[C@H]2CCCO2)ccc1O. The van der Waals surface area contributed by atoms with Gasteiger partial charge >= 0.3 is 0 Å². The van der Waals surface area contributed by atoms with Gasteiger partial charge in [-0.05, 0) is 61.7 Å². The zero-order valence-corrected chi connectivity index (χ0v) is 18.3. The van der Waals surface area contributed by atoms with Crippen molar-refractivity contribution in [3.63, 3.8) is 0 Å². The van der Waals surface area contributed by atoms with Crippen LogP contribution in [0.3, 0.4) is 0 Å². The van der Waals surface area contributed by atoms with Gasteiger partial charge in [-0.2, -0.15) is 0 Å². The highest BCUT2D eigenvalue weighted by atomic mass is 35.5. The quantitative estimate of drug-likeness (QED) is 0.386. The first-order chi connectivity index (χ1) is 15.4. The predicted molar refractivity (Wildman–Crippen MR) is 119 cm³/mol. The first-order valence-corrected chi connectivity index (χ1v) is 10.9. The third-order valence-corrected chi connectivity index (χ3v) is 5.93. The fourth-order valence-corrected chi connectivity index (χ4v) is 4.28. The van der Waals surface area contributed by atoms with Crippen LogP contribution in [0.1, 0.15) is 36.9 Å². The zero-order valence-electron chi connectivity index (χ0n) is 17.6. The Hall–Kier alpha value is -3.03. The maximum atomic E-state index is 13.1. The summed E-state index contributed by atoms with van der Waals surface area (Å²) in [4.78, 5) is 27.5. The van der Waals surface area contributed by atoms with E-state index in [9.17, 15) is 19.8 Å². The van der Waals surface area contributed by atoms with Gasteiger partial charge in [0.05, 0.1) is 24.3 Å². The van der Waals surface area contributed by atoms with E-state index in [2.05, 4.69) is 0 Å². The number of hydrogen-bond acceptors (Lipinski definition) is 6. The summed E-state index contributed by atoms with van der Waals surface area (Å²) in [7, 11) is 0. The van der Waals surface area contributed by atoms with Crippen molar-refractivity contribution < 1.29 is 29.3 Å². The number of benzene rings is 2. The molecule has 0 aliphatic carbocycles. The van der Waals surface area contributed by atoms with Crippen molar-refractivity contribution in [1.29, 1.82) is 0 Å². The van der Waals surface area contributed by atoms with E-state index in [0.717, 1.165) is 12.8 Å². The van der Waals surface area contributed by atoms with Gasteiger partial charge in [0.2, 0.25) is 0 Å². The molecule has 0 radical (unpaired) electrons. The summed E-state index contributed by atoms with van der Waals surface area (Å²) in [5, 5.41) is 21.7. The molecule has 2 aliphatic heterocycles. The molecule has 2 heterocycles. The second-order valence-corrected chi connectivity index (χ2v) is 8.19. The topological polar surface area (TPSA) is 96.3 Å². The number of aliphatic hydroxyl groups excluding tert-OH is 1. The monoisotopic (exact) mass is 457 g/mol. The van der Waals surface area contributed by atoms with Crippen LogP contribution in [-0.2, 0) is 14.3 Å². The Morgan fingerprint density at radius 3 is 2.62 bits per heavy atom. The van der Waals surface area contributed by atoms with Gasteiger partial charge in [-0.1, -0.05) is 17.7 Å². The number of amides is 1. The Kier molecular flexibility index (Phi) is 6.39. The second kappa shape index (κ2) is 9.22. The minimum Gasteiger partial charge on any atom is -0.507 e. The van der Waals surface area contributed by atoms with Crippen LogP contribution in [-0.4, -0.2) is 52.7 Å². The molecule has 2 atom stereocenters. The van der Waals surface area contributed by atoms with Gasteiger partial charge in [0.15, 0.2) is 11.5 Å². The summed E-state index contributed by atoms with van der Waals surface area (Å²) in [5.41, 5.74) is 0.890. The van der Waals surface area contributed by atoms with Gasteiger partial charge in [-0.3, -0.25) is 9.59 Å². The molecule has 7 nitrogen and oxygen atoms in total. The second-order valence-electron chi connectivity index (χ2n) is 7.75. The number of ketones is 1. The summed E-state index contributed by atoms with van der Waals surface area (Å²) in [6, 6.07) is 10.2. The summed E-state index contributed by atoms with van der Waals surface area (Å²) >= 11 is 5.95. The molecule has 0 bridgehead atoms. The number of aromatic hydroxyl groups is 1. The molecular formula is C24H24ClNO6. The summed E-state index contributed by atoms with van der Waals surface area (Å²) in [5.74, 6) is -1.58. The lowest BCUT2D eigenvalue weighted by molar-refractivity contribution is -0.140. The van der Waals surface area contributed by atoms with Crippen molar-refractivity contribution in [3.05, 3.63) is 64.2 Å². The number of Topliss-reactive ketones (excluding diaryl/α,β-unsaturated/α-hetero) is 1. The molecule has 2 saturated heterocycles. The van der Waals surface area contributed by atoms with Gasteiger partial charge in [0, 0.05) is 23.7 Å². The van der Waals surface area contributed by atoms with Crippen molar-refractivity contribution in [3.8, 4) is 11.5 Å². The van der Waals surface area contributed by atoms with E-state index < -0.39 is 17.7 Å². The Bertz CT molecular complexity index is 1060. The minimum absolute atomic E-state index is 0.0246. The Morgan fingerprint density at radius 1 is 1.22 bits per heavy atom. The standard InChI is InChI=1S/C24H24ClNO6/c1-2-31-19-12-15(7-10-18(19)27)21-20(22(28)14-5-8-16(25)9-6-14)23(29)24(30)26(21)13-17-4-3-11-32-17/h5-10,12,17,21,27-28H,2-4,11,13H2,1H3/b22-20+/t17-,21+/m1/s1. The number of likely N-dealkylation sites (tertiary alicyclic amines) is 1. The summed E-state index contributed by atoms with van der Waals surface area (Å²) < 4.78 is 11.2. The summed E-state index contributed by atoms with van der Waals surface area (Å²) in [6.07, 6.45) is 1.49. The van der Waals surface area contributed by atoms with Crippen LogP contribution in [0.5, 0.6) is 11.5 Å². The van der Waals surface area contributed by atoms with Gasteiger partial charge in [0.1, 0.15) is 5.76 Å². The fourth-order valence-electron chi connectivity index (χ4n) is 4.16. The van der Waals surface area contributed by atoms with Crippen LogP contribution < -0.4 is 4.74 Å². The third-order valence-electron chi connectivity index (χ3n) is 5.68. The van der Waals surface area contributed by atoms with Gasteiger partial charge < -0.3 is 24.6 Å². The molecule has 4 rings (SSSR count). The third kappa shape index (κ3) is 4.18. The molecule has 1 amide bonds. The molecule has 0 saturated carbocycles. The molecule has 2 aromatic carbocycles. The molecule has 2 aliphatic rings. The molecule has 2 fully saturated rings. The van der Waals surface area contributed by atoms with E-state index in [4.69, 9.17) is 21.1 Å². The molecule has 0 aromatic heterocycles. The maximum Gasteiger partial charge on any atom is 0.295 e. The van der Waals surface area contributed by atoms with E-state index in [0.29, 0.717) is 29.4 Å². The normalized spacial score (nSPS) is 22.5. The molecular weight excluding hydrogens is 434 g/mol. The Labute approximate surface area is 190 Å². The maximum absolute atomic E-state index is 13.1. The molecule has 2 aromatic rings.